The Morgan fingerprint density at radius 1 is 1.11 bits per heavy atom. The van der Waals surface area contributed by atoms with Crippen LogP contribution in [0.1, 0.15) is 5.56 Å². The molecule has 0 radical (unpaired) electrons. The molecule has 0 atom stereocenters. The molecule has 2 aromatic heterocycles. The van der Waals surface area contributed by atoms with E-state index in [0.29, 0.717) is 29.9 Å². The van der Waals surface area contributed by atoms with Gasteiger partial charge in [-0.05, 0) is 30.7 Å². The van der Waals surface area contributed by atoms with Crippen LogP contribution in [0.4, 0.5) is 5.95 Å². The maximum absolute atomic E-state index is 12.9. The summed E-state index contributed by atoms with van der Waals surface area (Å²) in [7, 11) is 0. The number of nitrogens with zero attached hydrogens (tertiary/aromatic N) is 5. The van der Waals surface area contributed by atoms with E-state index in [1.807, 2.05) is 47.9 Å². The molecule has 0 saturated carbocycles. The molecule has 0 spiro atoms. The molecule has 27 heavy (non-hydrogen) atoms. The number of fused-ring (bicyclic) bond motifs is 4. The fourth-order valence-electron chi connectivity index (χ4n) is 3.71. The van der Waals surface area contributed by atoms with Gasteiger partial charge in [0.1, 0.15) is 6.54 Å². The first kappa shape index (κ1) is 15.7. The number of hydrogen-bond donors (Lipinski definition) is 0. The average molecular weight is 359 g/mol. The Kier molecular flexibility index (Phi) is 3.36. The van der Waals surface area contributed by atoms with Gasteiger partial charge in [-0.15, -0.1) is 0 Å². The van der Waals surface area contributed by atoms with Crippen LogP contribution in [-0.2, 0) is 17.9 Å². The SMILES string of the molecule is Cc1cccc2c(=O)n(CC(=O)N3CCn4c3nc3ccccc34)cnc12. The summed E-state index contributed by atoms with van der Waals surface area (Å²) in [6.07, 6.45) is 1.45. The second-order valence-corrected chi connectivity index (χ2v) is 6.75. The van der Waals surface area contributed by atoms with Crippen molar-refractivity contribution >= 4 is 33.8 Å². The van der Waals surface area contributed by atoms with Gasteiger partial charge in [-0.3, -0.25) is 19.1 Å². The first-order valence-corrected chi connectivity index (χ1v) is 8.84. The quantitative estimate of drug-likeness (QED) is 0.549. The van der Waals surface area contributed by atoms with E-state index in [0.717, 1.165) is 16.6 Å². The predicted molar refractivity (Wildman–Crippen MR) is 103 cm³/mol. The highest BCUT2D eigenvalue weighted by atomic mass is 16.2. The highest BCUT2D eigenvalue weighted by Crippen LogP contribution is 2.27. The Labute approximate surface area is 154 Å². The maximum atomic E-state index is 12.9. The molecule has 0 fully saturated rings. The summed E-state index contributed by atoms with van der Waals surface area (Å²) in [5.74, 6) is 0.471. The van der Waals surface area contributed by atoms with Gasteiger partial charge in [0.05, 0.1) is 28.3 Å². The highest BCUT2D eigenvalue weighted by Gasteiger charge is 2.28. The molecule has 0 unspecified atom stereocenters. The van der Waals surface area contributed by atoms with Gasteiger partial charge in [-0.25, -0.2) is 9.97 Å². The minimum absolute atomic E-state index is 0.0566. The first-order valence-electron chi connectivity index (χ1n) is 8.84. The number of aromatic nitrogens is 4. The monoisotopic (exact) mass is 359 g/mol. The number of benzene rings is 2. The maximum Gasteiger partial charge on any atom is 0.261 e. The zero-order chi connectivity index (χ0) is 18.5. The molecule has 0 N–H and O–H groups in total. The van der Waals surface area contributed by atoms with Crippen LogP contribution in [0.5, 0.6) is 0 Å². The number of imidazole rings is 1. The van der Waals surface area contributed by atoms with Gasteiger partial charge in [0, 0.05) is 13.1 Å². The molecule has 0 aliphatic carbocycles. The second kappa shape index (κ2) is 5.77. The molecule has 0 bridgehead atoms. The Morgan fingerprint density at radius 2 is 1.96 bits per heavy atom. The number of carbonyl (C=O) groups excluding carboxylic acids is 1. The largest absolute Gasteiger partial charge is 0.308 e. The summed E-state index contributed by atoms with van der Waals surface area (Å²) in [5, 5.41) is 0.527. The van der Waals surface area contributed by atoms with Crippen molar-refractivity contribution in [1.29, 1.82) is 0 Å². The van der Waals surface area contributed by atoms with Crippen molar-refractivity contribution in [2.45, 2.75) is 20.0 Å². The molecular weight excluding hydrogens is 342 g/mol. The molecule has 134 valence electrons. The minimum Gasteiger partial charge on any atom is -0.308 e. The summed E-state index contributed by atoms with van der Waals surface area (Å²) in [6, 6.07) is 13.3. The van der Waals surface area contributed by atoms with Crippen LogP contribution in [0.2, 0.25) is 0 Å². The molecular formula is C20H17N5O2. The lowest BCUT2D eigenvalue weighted by atomic mass is 10.1. The molecule has 7 heteroatoms. The van der Waals surface area contributed by atoms with Crippen LogP contribution >= 0.6 is 0 Å². The van der Waals surface area contributed by atoms with Crippen molar-refractivity contribution in [2.75, 3.05) is 11.4 Å². The smallest absolute Gasteiger partial charge is 0.261 e. The minimum atomic E-state index is -0.204. The van der Waals surface area contributed by atoms with Crippen molar-refractivity contribution in [3.05, 3.63) is 64.7 Å². The van der Waals surface area contributed by atoms with Gasteiger partial charge in [0.15, 0.2) is 0 Å². The van der Waals surface area contributed by atoms with Crippen molar-refractivity contribution in [3.8, 4) is 0 Å². The number of aryl methyl sites for hydroxylation is 1. The summed E-state index contributed by atoms with van der Waals surface area (Å²) in [4.78, 5) is 36.2. The number of rotatable bonds is 2. The van der Waals surface area contributed by atoms with Crippen molar-refractivity contribution in [3.63, 3.8) is 0 Å². The molecule has 1 aliphatic heterocycles. The molecule has 3 heterocycles. The second-order valence-electron chi connectivity index (χ2n) is 6.75. The molecule has 1 aliphatic rings. The zero-order valence-corrected chi connectivity index (χ0v) is 14.8. The predicted octanol–water partition coefficient (Wildman–Crippen LogP) is 2.10. The van der Waals surface area contributed by atoms with Gasteiger partial charge < -0.3 is 4.57 Å². The third-order valence-corrected chi connectivity index (χ3v) is 5.08. The van der Waals surface area contributed by atoms with Crippen molar-refractivity contribution < 1.29 is 4.79 Å². The summed E-state index contributed by atoms with van der Waals surface area (Å²) >= 11 is 0. The molecule has 2 aromatic carbocycles. The van der Waals surface area contributed by atoms with Crippen LogP contribution in [-0.4, -0.2) is 31.6 Å². The van der Waals surface area contributed by atoms with E-state index >= 15 is 0 Å². The van der Waals surface area contributed by atoms with Gasteiger partial charge >= 0.3 is 0 Å². The summed E-state index contributed by atoms with van der Waals surface area (Å²) in [6.45, 7) is 3.12. The third kappa shape index (κ3) is 2.35. The number of anilines is 1. The Hall–Kier alpha value is -3.48. The zero-order valence-electron chi connectivity index (χ0n) is 14.8. The van der Waals surface area contributed by atoms with E-state index in [9.17, 15) is 9.59 Å². The standard InChI is InChI=1S/C20H17N5O2/c1-13-5-4-6-14-18(13)21-12-23(19(14)27)11-17(26)25-10-9-24-16-8-3-2-7-15(16)22-20(24)25/h2-8,12H,9-11H2,1H3. The molecule has 7 nitrogen and oxygen atoms in total. The third-order valence-electron chi connectivity index (χ3n) is 5.08. The van der Waals surface area contributed by atoms with Gasteiger partial charge in [-0.1, -0.05) is 24.3 Å². The van der Waals surface area contributed by atoms with Gasteiger partial charge in [0.2, 0.25) is 11.9 Å². The molecule has 1 amide bonds. The number of carbonyl (C=O) groups is 1. The van der Waals surface area contributed by atoms with E-state index < -0.39 is 0 Å². The van der Waals surface area contributed by atoms with Crippen molar-refractivity contribution in [2.24, 2.45) is 0 Å². The molecule has 4 aromatic rings. The summed E-state index contributed by atoms with van der Waals surface area (Å²) < 4.78 is 3.41. The van der Waals surface area contributed by atoms with Gasteiger partial charge in [0.25, 0.3) is 5.56 Å². The van der Waals surface area contributed by atoms with Gasteiger partial charge in [-0.2, -0.15) is 0 Å². The highest BCUT2D eigenvalue weighted by molar-refractivity contribution is 5.95. The topological polar surface area (TPSA) is 73.0 Å². The fraction of sp³-hybridized carbons (Fsp3) is 0.200. The number of hydrogen-bond acceptors (Lipinski definition) is 4. The lowest BCUT2D eigenvalue weighted by molar-refractivity contribution is -0.119. The average Bonchev–Trinajstić information content (AvgIpc) is 3.23. The fourth-order valence-corrected chi connectivity index (χ4v) is 3.71. The van der Waals surface area contributed by atoms with Crippen LogP contribution in [0.15, 0.2) is 53.6 Å². The van der Waals surface area contributed by atoms with E-state index in [1.165, 1.54) is 10.9 Å². The lowest BCUT2D eigenvalue weighted by Gasteiger charge is -2.15. The Bertz CT molecular complexity index is 1270. The molecule has 0 saturated heterocycles. The molecule has 5 rings (SSSR count). The first-order chi connectivity index (χ1) is 13.1. The van der Waals surface area contributed by atoms with E-state index in [4.69, 9.17) is 0 Å². The van der Waals surface area contributed by atoms with Crippen molar-refractivity contribution in [1.82, 2.24) is 19.1 Å². The van der Waals surface area contributed by atoms with E-state index in [2.05, 4.69) is 9.97 Å². The number of para-hydroxylation sites is 3. The van der Waals surface area contributed by atoms with Crippen LogP contribution in [0.25, 0.3) is 21.9 Å². The van der Waals surface area contributed by atoms with E-state index in [-0.39, 0.29) is 18.0 Å². The Balaban J connectivity index is 1.50. The lowest BCUT2D eigenvalue weighted by Crippen LogP contribution is -2.36. The Morgan fingerprint density at radius 3 is 2.85 bits per heavy atom. The van der Waals surface area contributed by atoms with Crippen LogP contribution < -0.4 is 10.5 Å². The number of amides is 1. The normalized spacial score (nSPS) is 13.4. The van der Waals surface area contributed by atoms with Crippen LogP contribution in [0.3, 0.4) is 0 Å². The van der Waals surface area contributed by atoms with E-state index in [1.54, 1.807) is 11.0 Å². The van der Waals surface area contributed by atoms with Crippen LogP contribution in [0, 0.1) is 6.92 Å². The summed E-state index contributed by atoms with van der Waals surface area (Å²) in [5.41, 5.74) is 3.29.